The van der Waals surface area contributed by atoms with E-state index in [1.54, 1.807) is 0 Å². The number of alkyl halides is 1. The lowest BCUT2D eigenvalue weighted by Crippen LogP contribution is -2.37. The van der Waals surface area contributed by atoms with E-state index in [1.807, 2.05) is 26.8 Å². The van der Waals surface area contributed by atoms with Gasteiger partial charge < -0.3 is 19.3 Å². The van der Waals surface area contributed by atoms with Gasteiger partial charge in [-0.25, -0.2) is 0 Å². The number of morpholine rings is 1. The van der Waals surface area contributed by atoms with Crippen molar-refractivity contribution in [2.24, 2.45) is 0 Å². The third kappa shape index (κ3) is 8.46. The standard InChI is InChI=1S/C26H36ClNO4.C2H6/c1-20-17-22(7-10-25(20)32-19-23(29)18-27)26(2,3)21-5-8-24(9-6-21)31-14-4-11-28-12-15-30-16-13-28;1-2/h5-10,17,23,29H,4,11-16,18-19H2,1-3H3;1-2H3. The van der Waals surface area contributed by atoms with Crippen LogP contribution >= 0.6 is 11.6 Å². The maximum absolute atomic E-state index is 9.62. The molecule has 0 aliphatic carbocycles. The number of aryl methyl sites for hydroxylation is 1. The van der Waals surface area contributed by atoms with E-state index in [1.165, 1.54) is 11.1 Å². The zero-order chi connectivity index (χ0) is 25.0. The molecular formula is C28H42ClNO4. The minimum Gasteiger partial charge on any atom is -0.494 e. The molecule has 1 unspecified atom stereocenters. The Morgan fingerprint density at radius 1 is 1.03 bits per heavy atom. The Kier molecular flexibility index (Phi) is 12.2. The minimum absolute atomic E-state index is 0.159. The van der Waals surface area contributed by atoms with Gasteiger partial charge in [-0.1, -0.05) is 52.0 Å². The van der Waals surface area contributed by atoms with Gasteiger partial charge in [0.05, 0.1) is 25.7 Å². The number of rotatable bonds is 11. The van der Waals surface area contributed by atoms with Crippen molar-refractivity contribution in [2.45, 2.75) is 52.6 Å². The fourth-order valence-electron chi connectivity index (χ4n) is 3.87. The van der Waals surface area contributed by atoms with Crippen LogP contribution in [0.3, 0.4) is 0 Å². The molecule has 3 rings (SSSR count). The number of benzene rings is 2. The van der Waals surface area contributed by atoms with E-state index in [0.717, 1.165) is 62.9 Å². The second-order valence-corrected chi connectivity index (χ2v) is 9.21. The zero-order valence-electron chi connectivity index (χ0n) is 21.5. The molecule has 1 heterocycles. The number of hydrogen-bond acceptors (Lipinski definition) is 5. The van der Waals surface area contributed by atoms with Gasteiger partial charge in [-0.15, -0.1) is 11.6 Å². The molecule has 34 heavy (non-hydrogen) atoms. The second kappa shape index (κ2) is 14.6. The van der Waals surface area contributed by atoms with Gasteiger partial charge >= 0.3 is 0 Å². The van der Waals surface area contributed by atoms with Crippen LogP contribution in [0.2, 0.25) is 0 Å². The Morgan fingerprint density at radius 2 is 1.68 bits per heavy atom. The van der Waals surface area contributed by atoms with Gasteiger partial charge in [-0.2, -0.15) is 0 Å². The van der Waals surface area contributed by atoms with Crippen LogP contribution in [0.4, 0.5) is 0 Å². The number of hydrogen-bond donors (Lipinski definition) is 1. The first-order chi connectivity index (χ1) is 16.4. The molecule has 5 nitrogen and oxygen atoms in total. The number of nitrogens with zero attached hydrogens (tertiary/aromatic N) is 1. The quantitative estimate of drug-likeness (QED) is 0.335. The van der Waals surface area contributed by atoms with Crippen LogP contribution in [-0.2, 0) is 10.2 Å². The molecule has 0 bridgehead atoms. The summed E-state index contributed by atoms with van der Waals surface area (Å²) in [5.74, 6) is 1.84. The summed E-state index contributed by atoms with van der Waals surface area (Å²) < 4.78 is 17.0. The number of ether oxygens (including phenoxy) is 3. The maximum Gasteiger partial charge on any atom is 0.122 e. The molecule has 190 valence electrons. The third-order valence-corrected chi connectivity index (χ3v) is 6.43. The molecule has 1 N–H and O–H groups in total. The number of aliphatic hydroxyl groups is 1. The van der Waals surface area contributed by atoms with Crippen LogP contribution in [0.1, 0.15) is 50.8 Å². The average Bonchev–Trinajstić information content (AvgIpc) is 2.87. The lowest BCUT2D eigenvalue weighted by Gasteiger charge is -2.27. The molecule has 0 amide bonds. The van der Waals surface area contributed by atoms with Crippen molar-refractivity contribution in [3.63, 3.8) is 0 Å². The van der Waals surface area contributed by atoms with E-state index < -0.39 is 6.10 Å². The second-order valence-electron chi connectivity index (χ2n) is 8.90. The summed E-state index contributed by atoms with van der Waals surface area (Å²) in [4.78, 5) is 2.43. The number of halogens is 1. The van der Waals surface area contributed by atoms with Crippen molar-refractivity contribution in [1.29, 1.82) is 0 Å². The molecule has 1 atom stereocenters. The van der Waals surface area contributed by atoms with Crippen LogP contribution in [0.5, 0.6) is 11.5 Å². The first kappa shape index (κ1) is 28.4. The molecule has 1 aliphatic heterocycles. The summed E-state index contributed by atoms with van der Waals surface area (Å²) in [5.41, 5.74) is 3.31. The highest BCUT2D eigenvalue weighted by Crippen LogP contribution is 2.34. The maximum atomic E-state index is 9.62. The van der Waals surface area contributed by atoms with Crippen molar-refractivity contribution in [3.05, 3.63) is 59.2 Å². The van der Waals surface area contributed by atoms with Gasteiger partial charge in [-0.3, -0.25) is 4.90 Å². The molecule has 0 spiro atoms. The van der Waals surface area contributed by atoms with E-state index in [9.17, 15) is 5.11 Å². The minimum atomic E-state index is -0.660. The van der Waals surface area contributed by atoms with Crippen molar-refractivity contribution >= 4 is 11.6 Å². The van der Waals surface area contributed by atoms with E-state index >= 15 is 0 Å². The average molecular weight is 492 g/mol. The van der Waals surface area contributed by atoms with Gasteiger partial charge in [0.1, 0.15) is 24.2 Å². The van der Waals surface area contributed by atoms with Crippen molar-refractivity contribution in [1.82, 2.24) is 4.90 Å². The Balaban J connectivity index is 0.00000199. The predicted octanol–water partition coefficient (Wildman–Crippen LogP) is 5.43. The third-order valence-electron chi connectivity index (χ3n) is 6.07. The SMILES string of the molecule is CC.Cc1cc(C(C)(C)c2ccc(OCCCN3CCOCC3)cc2)ccc1OCC(O)CCl. The molecule has 2 aromatic carbocycles. The monoisotopic (exact) mass is 491 g/mol. The highest BCUT2D eigenvalue weighted by atomic mass is 35.5. The Labute approximate surface area is 211 Å². The lowest BCUT2D eigenvalue weighted by atomic mass is 9.77. The summed E-state index contributed by atoms with van der Waals surface area (Å²) in [6.45, 7) is 16.1. The van der Waals surface area contributed by atoms with Gasteiger partial charge in [0.2, 0.25) is 0 Å². The zero-order valence-corrected chi connectivity index (χ0v) is 22.2. The van der Waals surface area contributed by atoms with Crippen LogP contribution in [-0.4, -0.2) is 68.1 Å². The summed E-state index contributed by atoms with van der Waals surface area (Å²) >= 11 is 5.64. The fourth-order valence-corrected chi connectivity index (χ4v) is 3.96. The van der Waals surface area contributed by atoms with Gasteiger partial charge in [-0.05, 0) is 48.2 Å². The predicted molar refractivity (Wildman–Crippen MR) is 141 cm³/mol. The van der Waals surface area contributed by atoms with Gasteiger partial charge in [0, 0.05) is 25.0 Å². The van der Waals surface area contributed by atoms with E-state index in [-0.39, 0.29) is 17.9 Å². The van der Waals surface area contributed by atoms with Crippen molar-refractivity contribution in [2.75, 3.05) is 51.9 Å². The molecule has 0 aromatic heterocycles. The Hall–Kier alpha value is -1.79. The fraction of sp³-hybridized carbons (Fsp3) is 0.571. The first-order valence-corrected chi connectivity index (χ1v) is 12.9. The highest BCUT2D eigenvalue weighted by Gasteiger charge is 2.24. The summed E-state index contributed by atoms with van der Waals surface area (Å²) in [6, 6.07) is 14.6. The molecule has 6 heteroatoms. The largest absolute Gasteiger partial charge is 0.494 e. The smallest absolute Gasteiger partial charge is 0.122 e. The summed E-state index contributed by atoms with van der Waals surface area (Å²) in [5, 5.41) is 9.62. The van der Waals surface area contributed by atoms with E-state index in [0.29, 0.717) is 0 Å². The van der Waals surface area contributed by atoms with E-state index in [2.05, 4.69) is 55.1 Å². The normalized spacial score (nSPS) is 15.3. The van der Waals surface area contributed by atoms with E-state index in [4.69, 9.17) is 25.8 Å². The summed E-state index contributed by atoms with van der Waals surface area (Å²) in [6.07, 6.45) is 0.357. The molecule has 1 aliphatic rings. The molecule has 1 saturated heterocycles. The Morgan fingerprint density at radius 3 is 2.29 bits per heavy atom. The topological polar surface area (TPSA) is 51.2 Å². The lowest BCUT2D eigenvalue weighted by molar-refractivity contribution is 0.0358. The van der Waals surface area contributed by atoms with Crippen molar-refractivity contribution < 1.29 is 19.3 Å². The molecule has 0 saturated carbocycles. The summed E-state index contributed by atoms with van der Waals surface area (Å²) in [7, 11) is 0. The molecule has 1 fully saturated rings. The highest BCUT2D eigenvalue weighted by molar-refractivity contribution is 6.18. The molecule has 2 aromatic rings. The van der Waals surface area contributed by atoms with Crippen LogP contribution < -0.4 is 9.47 Å². The van der Waals surface area contributed by atoms with Gasteiger partial charge in [0.25, 0.3) is 0 Å². The van der Waals surface area contributed by atoms with Crippen LogP contribution in [0.25, 0.3) is 0 Å². The van der Waals surface area contributed by atoms with Crippen LogP contribution in [0.15, 0.2) is 42.5 Å². The van der Waals surface area contributed by atoms with Crippen molar-refractivity contribution in [3.8, 4) is 11.5 Å². The Bertz CT molecular complexity index is 835. The molecular weight excluding hydrogens is 450 g/mol. The molecule has 0 radical (unpaired) electrons. The number of aliphatic hydroxyl groups excluding tert-OH is 1. The van der Waals surface area contributed by atoms with Gasteiger partial charge in [0.15, 0.2) is 0 Å². The van der Waals surface area contributed by atoms with Crippen LogP contribution in [0, 0.1) is 6.92 Å². The first-order valence-electron chi connectivity index (χ1n) is 12.4.